The lowest BCUT2D eigenvalue weighted by Gasteiger charge is -2.16. The van der Waals surface area contributed by atoms with Crippen LogP contribution in [0.25, 0.3) is 0 Å². The molecule has 0 spiro atoms. The molecule has 3 rings (SSSR count). The zero-order valence-corrected chi connectivity index (χ0v) is 14.3. The van der Waals surface area contributed by atoms with Crippen LogP contribution in [0.3, 0.4) is 0 Å². The standard InChI is InChI=1S/C17H18BrN3O2/c1-10-3-2-6-20-14(10)8-13(19)17(22)21-15-9-23-16-7-11(18)4-5-12(15)16/h2-7,13,15H,8-9,19H2,1H3,(H,21,22). The quantitative estimate of drug-likeness (QED) is 0.858. The molecular formula is C17H18BrN3O2. The molecule has 2 unspecified atom stereocenters. The molecule has 23 heavy (non-hydrogen) atoms. The number of benzene rings is 1. The van der Waals surface area contributed by atoms with E-state index in [1.165, 1.54) is 0 Å². The summed E-state index contributed by atoms with van der Waals surface area (Å²) in [5.74, 6) is 0.596. The van der Waals surface area contributed by atoms with Crippen LogP contribution in [0.5, 0.6) is 5.75 Å². The maximum atomic E-state index is 12.4. The van der Waals surface area contributed by atoms with Crippen LogP contribution in [-0.2, 0) is 11.2 Å². The van der Waals surface area contributed by atoms with Gasteiger partial charge < -0.3 is 15.8 Å². The summed E-state index contributed by atoms with van der Waals surface area (Å²) in [4.78, 5) is 16.7. The van der Waals surface area contributed by atoms with Crippen LogP contribution < -0.4 is 15.8 Å². The van der Waals surface area contributed by atoms with Gasteiger partial charge >= 0.3 is 0 Å². The molecule has 0 saturated heterocycles. The van der Waals surface area contributed by atoms with Crippen LogP contribution in [0, 0.1) is 6.92 Å². The molecule has 1 aliphatic heterocycles. The van der Waals surface area contributed by atoms with E-state index < -0.39 is 6.04 Å². The number of carbonyl (C=O) groups excluding carboxylic acids is 1. The topological polar surface area (TPSA) is 77.2 Å². The van der Waals surface area contributed by atoms with Gasteiger partial charge in [0, 0.05) is 28.3 Å². The lowest BCUT2D eigenvalue weighted by atomic mass is 10.1. The Morgan fingerprint density at radius 1 is 1.52 bits per heavy atom. The van der Waals surface area contributed by atoms with Gasteiger partial charge in [0.05, 0.1) is 12.1 Å². The van der Waals surface area contributed by atoms with E-state index in [2.05, 4.69) is 26.2 Å². The highest BCUT2D eigenvalue weighted by molar-refractivity contribution is 9.10. The summed E-state index contributed by atoms with van der Waals surface area (Å²) >= 11 is 3.41. The number of ether oxygens (including phenoxy) is 1. The van der Waals surface area contributed by atoms with E-state index in [4.69, 9.17) is 10.5 Å². The van der Waals surface area contributed by atoms with Gasteiger partial charge in [-0.2, -0.15) is 0 Å². The molecule has 1 aromatic heterocycles. The zero-order valence-electron chi connectivity index (χ0n) is 12.8. The van der Waals surface area contributed by atoms with E-state index in [9.17, 15) is 4.79 Å². The predicted octanol–water partition coefficient (Wildman–Crippen LogP) is 2.27. The van der Waals surface area contributed by atoms with Crippen molar-refractivity contribution in [3.63, 3.8) is 0 Å². The lowest BCUT2D eigenvalue weighted by molar-refractivity contribution is -0.123. The number of amides is 1. The van der Waals surface area contributed by atoms with Crippen LogP contribution in [0.2, 0.25) is 0 Å². The number of pyridine rings is 1. The van der Waals surface area contributed by atoms with Crippen LogP contribution in [0.15, 0.2) is 41.0 Å². The molecule has 6 heteroatoms. The first kappa shape index (κ1) is 16.0. The molecule has 120 valence electrons. The van der Waals surface area contributed by atoms with Crippen molar-refractivity contribution in [3.05, 3.63) is 57.8 Å². The largest absolute Gasteiger partial charge is 0.491 e. The van der Waals surface area contributed by atoms with Gasteiger partial charge in [0.15, 0.2) is 0 Å². The van der Waals surface area contributed by atoms with Crippen LogP contribution in [-0.4, -0.2) is 23.5 Å². The molecule has 0 fully saturated rings. The van der Waals surface area contributed by atoms with E-state index in [-0.39, 0.29) is 11.9 Å². The number of rotatable bonds is 4. The van der Waals surface area contributed by atoms with Gasteiger partial charge in [-0.15, -0.1) is 0 Å². The van der Waals surface area contributed by atoms with Crippen molar-refractivity contribution < 1.29 is 9.53 Å². The molecule has 5 nitrogen and oxygen atoms in total. The lowest BCUT2D eigenvalue weighted by Crippen LogP contribution is -2.44. The molecule has 2 aromatic rings. The van der Waals surface area contributed by atoms with E-state index in [1.807, 2.05) is 37.3 Å². The normalized spacial score (nSPS) is 17.3. The summed E-state index contributed by atoms with van der Waals surface area (Å²) in [7, 11) is 0. The van der Waals surface area contributed by atoms with E-state index in [1.54, 1.807) is 6.20 Å². The van der Waals surface area contributed by atoms with Crippen molar-refractivity contribution in [2.45, 2.75) is 25.4 Å². The fourth-order valence-electron chi connectivity index (χ4n) is 2.62. The van der Waals surface area contributed by atoms with E-state index >= 15 is 0 Å². The Bertz CT molecular complexity index is 736. The highest BCUT2D eigenvalue weighted by Crippen LogP contribution is 2.34. The van der Waals surface area contributed by atoms with Crippen molar-refractivity contribution in [3.8, 4) is 5.75 Å². The number of fused-ring (bicyclic) bond motifs is 1. The van der Waals surface area contributed by atoms with Gasteiger partial charge in [0.2, 0.25) is 5.91 Å². The number of nitrogens with zero attached hydrogens (tertiary/aromatic N) is 1. The van der Waals surface area contributed by atoms with Gasteiger partial charge in [-0.25, -0.2) is 0 Å². The summed E-state index contributed by atoms with van der Waals surface area (Å²) in [6, 6.07) is 8.82. The number of aryl methyl sites for hydroxylation is 1. The molecule has 1 amide bonds. The van der Waals surface area contributed by atoms with Crippen LogP contribution in [0.4, 0.5) is 0 Å². The second-order valence-corrected chi connectivity index (χ2v) is 6.55. The minimum absolute atomic E-state index is 0.165. The maximum absolute atomic E-state index is 12.4. The molecule has 2 heterocycles. The highest BCUT2D eigenvalue weighted by Gasteiger charge is 2.27. The van der Waals surface area contributed by atoms with Crippen molar-refractivity contribution in [2.75, 3.05) is 6.61 Å². The molecule has 0 bridgehead atoms. The first-order valence-electron chi connectivity index (χ1n) is 7.43. The zero-order chi connectivity index (χ0) is 16.4. The fourth-order valence-corrected chi connectivity index (χ4v) is 2.96. The third kappa shape index (κ3) is 3.54. The summed E-state index contributed by atoms with van der Waals surface area (Å²) in [6.45, 7) is 2.39. The third-order valence-electron chi connectivity index (χ3n) is 3.94. The molecule has 0 saturated carbocycles. The molecule has 1 aromatic carbocycles. The van der Waals surface area contributed by atoms with Crippen molar-refractivity contribution in [1.82, 2.24) is 10.3 Å². The second-order valence-electron chi connectivity index (χ2n) is 5.63. The SMILES string of the molecule is Cc1cccnc1CC(N)C(=O)NC1COc2cc(Br)ccc21. The monoisotopic (exact) mass is 375 g/mol. The summed E-state index contributed by atoms with van der Waals surface area (Å²) in [5.41, 5.74) is 8.90. The second kappa shape index (κ2) is 6.68. The molecule has 0 radical (unpaired) electrons. The van der Waals surface area contributed by atoms with Crippen molar-refractivity contribution in [2.24, 2.45) is 5.73 Å². The van der Waals surface area contributed by atoms with Gasteiger partial charge in [-0.05, 0) is 30.7 Å². The number of hydrogen-bond donors (Lipinski definition) is 2. The molecular weight excluding hydrogens is 358 g/mol. The smallest absolute Gasteiger partial charge is 0.237 e. The molecule has 1 aliphatic rings. The molecule has 2 atom stereocenters. The van der Waals surface area contributed by atoms with E-state index in [0.717, 1.165) is 27.0 Å². The first-order chi connectivity index (χ1) is 11.0. The van der Waals surface area contributed by atoms with Gasteiger partial charge in [0.1, 0.15) is 12.4 Å². The number of nitrogens with two attached hydrogens (primary N) is 1. The third-order valence-corrected chi connectivity index (χ3v) is 4.43. The Labute approximate surface area is 143 Å². The Hall–Kier alpha value is -1.92. The number of nitrogens with one attached hydrogen (secondary N) is 1. The average Bonchev–Trinajstić information content (AvgIpc) is 2.91. The van der Waals surface area contributed by atoms with Crippen LogP contribution in [0.1, 0.15) is 22.9 Å². The van der Waals surface area contributed by atoms with E-state index in [0.29, 0.717) is 13.0 Å². The van der Waals surface area contributed by atoms with Gasteiger partial charge in [0.25, 0.3) is 0 Å². The van der Waals surface area contributed by atoms with Crippen molar-refractivity contribution in [1.29, 1.82) is 0 Å². The number of aromatic nitrogens is 1. The Morgan fingerprint density at radius 3 is 3.13 bits per heavy atom. The Morgan fingerprint density at radius 2 is 2.35 bits per heavy atom. The summed E-state index contributed by atoms with van der Waals surface area (Å²) in [6.07, 6.45) is 2.13. The fraction of sp³-hybridized carbons (Fsp3) is 0.294. The first-order valence-corrected chi connectivity index (χ1v) is 8.22. The number of halogens is 1. The minimum Gasteiger partial charge on any atom is -0.491 e. The summed E-state index contributed by atoms with van der Waals surface area (Å²) in [5, 5.41) is 2.96. The average molecular weight is 376 g/mol. The van der Waals surface area contributed by atoms with Gasteiger partial charge in [-0.3, -0.25) is 9.78 Å². The highest BCUT2D eigenvalue weighted by atomic mass is 79.9. The predicted molar refractivity (Wildman–Crippen MR) is 91.2 cm³/mol. The number of carbonyl (C=O) groups is 1. The Kier molecular flexibility index (Phi) is 4.63. The molecule has 3 N–H and O–H groups in total. The van der Waals surface area contributed by atoms with Crippen LogP contribution >= 0.6 is 15.9 Å². The summed E-state index contributed by atoms with van der Waals surface area (Å²) < 4.78 is 6.56. The Balaban J connectivity index is 1.65. The maximum Gasteiger partial charge on any atom is 0.237 e. The molecule has 0 aliphatic carbocycles. The minimum atomic E-state index is -0.636. The van der Waals surface area contributed by atoms with Gasteiger partial charge in [-0.1, -0.05) is 28.1 Å². The number of hydrogen-bond acceptors (Lipinski definition) is 4. The van der Waals surface area contributed by atoms with Crippen molar-refractivity contribution >= 4 is 21.8 Å².